The second-order valence-corrected chi connectivity index (χ2v) is 3.39. The molecule has 0 fully saturated rings. The fourth-order valence-corrected chi connectivity index (χ4v) is 1.51. The zero-order chi connectivity index (χ0) is 10.7. The van der Waals surface area contributed by atoms with Gasteiger partial charge < -0.3 is 9.72 Å². The molecule has 0 saturated heterocycles. The van der Waals surface area contributed by atoms with Crippen molar-refractivity contribution >= 4 is 11.2 Å². The van der Waals surface area contributed by atoms with Crippen molar-refractivity contribution in [3.05, 3.63) is 18.0 Å². The monoisotopic (exact) mass is 205 g/mol. The van der Waals surface area contributed by atoms with E-state index >= 15 is 0 Å². The number of aromatic nitrogens is 3. The molecule has 4 nitrogen and oxygen atoms in total. The van der Waals surface area contributed by atoms with Crippen molar-refractivity contribution in [2.75, 3.05) is 6.61 Å². The van der Waals surface area contributed by atoms with Crippen LogP contribution in [0.2, 0.25) is 0 Å². The maximum Gasteiger partial charge on any atom is 0.215 e. The van der Waals surface area contributed by atoms with E-state index in [-0.39, 0.29) is 0 Å². The Morgan fingerprint density at radius 2 is 2.13 bits per heavy atom. The number of nitrogens with one attached hydrogen (secondary N) is 1. The molecule has 15 heavy (non-hydrogen) atoms. The highest BCUT2D eigenvalue weighted by molar-refractivity contribution is 5.71. The molecular weight excluding hydrogens is 190 g/mol. The van der Waals surface area contributed by atoms with E-state index in [1.165, 1.54) is 0 Å². The Morgan fingerprint density at radius 1 is 1.27 bits per heavy atom. The molecule has 1 N–H and O–H groups in total. The van der Waals surface area contributed by atoms with Gasteiger partial charge in [-0.05, 0) is 19.4 Å². The molecule has 0 spiro atoms. The maximum atomic E-state index is 5.32. The number of rotatable bonds is 4. The second-order valence-electron chi connectivity index (χ2n) is 3.39. The van der Waals surface area contributed by atoms with Gasteiger partial charge in [0.2, 0.25) is 5.88 Å². The molecule has 0 aliphatic rings. The molecule has 2 rings (SSSR count). The van der Waals surface area contributed by atoms with Crippen LogP contribution in [0.1, 0.15) is 26.1 Å². The Hall–Kier alpha value is -1.58. The molecule has 0 bridgehead atoms. The summed E-state index contributed by atoms with van der Waals surface area (Å²) in [6, 6.07) is 3.82. The van der Waals surface area contributed by atoms with E-state index < -0.39 is 0 Å². The average Bonchev–Trinajstić information content (AvgIpc) is 2.60. The number of pyridine rings is 1. The van der Waals surface area contributed by atoms with Crippen molar-refractivity contribution < 1.29 is 4.74 Å². The largest absolute Gasteiger partial charge is 0.478 e. The van der Waals surface area contributed by atoms with Gasteiger partial charge >= 0.3 is 0 Å². The van der Waals surface area contributed by atoms with Crippen LogP contribution in [-0.4, -0.2) is 21.6 Å². The molecule has 4 heteroatoms. The first-order chi connectivity index (χ1) is 7.33. The number of aryl methyl sites for hydroxylation is 1. The van der Waals surface area contributed by atoms with Crippen LogP contribution >= 0.6 is 0 Å². The molecule has 0 unspecified atom stereocenters. The van der Waals surface area contributed by atoms with Gasteiger partial charge in [0.15, 0.2) is 5.65 Å². The summed E-state index contributed by atoms with van der Waals surface area (Å²) >= 11 is 0. The molecule has 2 heterocycles. The van der Waals surface area contributed by atoms with Crippen molar-refractivity contribution in [3.63, 3.8) is 0 Å². The molecule has 0 aromatic carbocycles. The van der Waals surface area contributed by atoms with Crippen molar-refractivity contribution in [1.82, 2.24) is 15.0 Å². The zero-order valence-electron chi connectivity index (χ0n) is 9.08. The van der Waals surface area contributed by atoms with E-state index in [1.807, 2.05) is 19.1 Å². The van der Waals surface area contributed by atoms with E-state index in [2.05, 4.69) is 21.9 Å². The molecule has 0 saturated carbocycles. The fraction of sp³-hybridized carbons (Fsp3) is 0.455. The van der Waals surface area contributed by atoms with Crippen molar-refractivity contribution in [2.24, 2.45) is 0 Å². The van der Waals surface area contributed by atoms with Gasteiger partial charge in [-0.25, -0.2) is 4.98 Å². The second kappa shape index (κ2) is 4.29. The lowest BCUT2D eigenvalue weighted by Crippen LogP contribution is -1.93. The number of imidazole rings is 1. The minimum atomic E-state index is 0.630. The third-order valence-corrected chi connectivity index (χ3v) is 2.15. The van der Waals surface area contributed by atoms with Crippen molar-refractivity contribution in [3.8, 4) is 5.88 Å². The number of ether oxygens (including phenoxy) is 1. The highest BCUT2D eigenvalue weighted by Crippen LogP contribution is 2.14. The van der Waals surface area contributed by atoms with Gasteiger partial charge in [-0.1, -0.05) is 6.92 Å². The summed E-state index contributed by atoms with van der Waals surface area (Å²) < 4.78 is 5.32. The molecule has 0 radical (unpaired) electrons. The minimum absolute atomic E-state index is 0.630. The SMILES string of the molecule is CCCc1nc2nc(OCC)ccc2[nH]1. The number of nitrogens with zero attached hydrogens (tertiary/aromatic N) is 2. The zero-order valence-corrected chi connectivity index (χ0v) is 9.08. The first kappa shape index (κ1) is 9.96. The van der Waals surface area contributed by atoms with E-state index in [0.717, 1.165) is 29.8 Å². The van der Waals surface area contributed by atoms with Crippen LogP contribution in [0.15, 0.2) is 12.1 Å². The molecule has 0 atom stereocenters. The summed E-state index contributed by atoms with van der Waals surface area (Å²) in [5, 5.41) is 0. The van der Waals surface area contributed by atoms with E-state index in [1.54, 1.807) is 0 Å². The average molecular weight is 205 g/mol. The highest BCUT2D eigenvalue weighted by atomic mass is 16.5. The first-order valence-electron chi connectivity index (χ1n) is 5.32. The summed E-state index contributed by atoms with van der Waals surface area (Å²) in [5.41, 5.74) is 1.71. The van der Waals surface area contributed by atoms with Gasteiger partial charge in [-0.15, -0.1) is 0 Å². The molecule has 80 valence electrons. The molecular formula is C11H15N3O. The number of hydrogen-bond donors (Lipinski definition) is 1. The van der Waals surface area contributed by atoms with Gasteiger partial charge in [-0.2, -0.15) is 4.98 Å². The predicted molar refractivity (Wildman–Crippen MR) is 59.1 cm³/mol. The molecule has 2 aromatic rings. The third-order valence-electron chi connectivity index (χ3n) is 2.15. The summed E-state index contributed by atoms with van der Waals surface area (Å²) in [7, 11) is 0. The third kappa shape index (κ3) is 2.09. The molecule has 2 aromatic heterocycles. The standard InChI is InChI=1S/C11H15N3O/c1-3-5-9-12-8-6-7-10(15-4-2)14-11(8)13-9/h6-7H,3-5H2,1-2H3,(H,12,13,14). The highest BCUT2D eigenvalue weighted by Gasteiger charge is 2.04. The number of hydrogen-bond acceptors (Lipinski definition) is 3. The smallest absolute Gasteiger partial charge is 0.215 e. The van der Waals surface area contributed by atoms with Gasteiger partial charge in [0, 0.05) is 12.5 Å². The van der Waals surface area contributed by atoms with E-state index in [4.69, 9.17) is 4.74 Å². The minimum Gasteiger partial charge on any atom is -0.478 e. The Bertz CT molecular complexity index is 446. The van der Waals surface area contributed by atoms with Crippen molar-refractivity contribution in [1.29, 1.82) is 0 Å². The van der Waals surface area contributed by atoms with Gasteiger partial charge in [-0.3, -0.25) is 0 Å². The first-order valence-corrected chi connectivity index (χ1v) is 5.32. The maximum absolute atomic E-state index is 5.32. The Kier molecular flexibility index (Phi) is 2.85. The molecule has 0 amide bonds. The van der Waals surface area contributed by atoms with Crippen LogP contribution < -0.4 is 4.74 Å². The Balaban J connectivity index is 2.34. The molecule has 0 aliphatic heterocycles. The normalized spacial score (nSPS) is 10.8. The fourth-order valence-electron chi connectivity index (χ4n) is 1.51. The quantitative estimate of drug-likeness (QED) is 0.833. The Morgan fingerprint density at radius 3 is 2.87 bits per heavy atom. The molecule has 0 aliphatic carbocycles. The van der Waals surface area contributed by atoms with Crippen LogP contribution in [0.3, 0.4) is 0 Å². The number of H-pyrrole nitrogens is 1. The number of aromatic amines is 1. The predicted octanol–water partition coefficient (Wildman–Crippen LogP) is 2.31. The van der Waals surface area contributed by atoms with Crippen molar-refractivity contribution in [2.45, 2.75) is 26.7 Å². The summed E-state index contributed by atoms with van der Waals surface area (Å²) in [6.45, 7) is 4.70. The topological polar surface area (TPSA) is 50.8 Å². The Labute approximate surface area is 88.7 Å². The van der Waals surface area contributed by atoms with Gasteiger partial charge in [0.05, 0.1) is 12.1 Å². The lowest BCUT2D eigenvalue weighted by molar-refractivity contribution is 0.328. The van der Waals surface area contributed by atoms with Gasteiger partial charge in [0.1, 0.15) is 5.82 Å². The van der Waals surface area contributed by atoms with Gasteiger partial charge in [0.25, 0.3) is 0 Å². The van der Waals surface area contributed by atoms with Crippen LogP contribution in [0, 0.1) is 0 Å². The van der Waals surface area contributed by atoms with Crippen LogP contribution in [0.5, 0.6) is 5.88 Å². The lowest BCUT2D eigenvalue weighted by Gasteiger charge is -1.99. The van der Waals surface area contributed by atoms with Crippen LogP contribution in [0.4, 0.5) is 0 Å². The summed E-state index contributed by atoms with van der Waals surface area (Å²) in [6.07, 6.45) is 2.04. The lowest BCUT2D eigenvalue weighted by atomic mass is 10.3. The van der Waals surface area contributed by atoms with E-state index in [0.29, 0.717) is 12.5 Å². The summed E-state index contributed by atoms with van der Waals surface area (Å²) in [5.74, 6) is 1.63. The number of fused-ring (bicyclic) bond motifs is 1. The van der Waals surface area contributed by atoms with E-state index in [9.17, 15) is 0 Å². The summed E-state index contributed by atoms with van der Waals surface area (Å²) in [4.78, 5) is 11.9. The van der Waals surface area contributed by atoms with Crippen LogP contribution in [-0.2, 0) is 6.42 Å². The van der Waals surface area contributed by atoms with Crippen LogP contribution in [0.25, 0.3) is 11.2 Å².